The predicted octanol–water partition coefficient (Wildman–Crippen LogP) is 9.99. The van der Waals surface area contributed by atoms with Gasteiger partial charge >= 0.3 is 0 Å². The van der Waals surface area contributed by atoms with Crippen molar-refractivity contribution in [1.29, 1.82) is 0 Å². The maximum Gasteiger partial charge on any atom is 0.126 e. The molecule has 1 saturated carbocycles. The Hall–Kier alpha value is -1.11. The first-order valence-corrected chi connectivity index (χ1v) is 14.1. The lowest BCUT2D eigenvalue weighted by Gasteiger charge is -2.35. The summed E-state index contributed by atoms with van der Waals surface area (Å²) in [6, 6.07) is 6.00. The summed E-state index contributed by atoms with van der Waals surface area (Å²) in [5.41, 5.74) is 3.69. The molecule has 0 radical (unpaired) electrons. The summed E-state index contributed by atoms with van der Waals surface area (Å²) >= 11 is 0. The van der Waals surface area contributed by atoms with Crippen LogP contribution in [0.4, 0.5) is 4.39 Å². The molecule has 3 rings (SSSR count). The van der Waals surface area contributed by atoms with Crippen LogP contribution in [0.5, 0.6) is 0 Å². The number of halogens is 1. The van der Waals surface area contributed by atoms with E-state index in [9.17, 15) is 4.39 Å². The lowest BCUT2D eigenvalue weighted by Crippen LogP contribution is -2.23. The van der Waals surface area contributed by atoms with Crippen molar-refractivity contribution in [2.24, 2.45) is 17.8 Å². The van der Waals surface area contributed by atoms with E-state index in [1.165, 1.54) is 95.5 Å². The molecule has 0 aliphatic heterocycles. The second-order valence-corrected chi connectivity index (χ2v) is 10.9. The third kappa shape index (κ3) is 8.35. The number of unbranched alkanes of at least 4 members (excludes halogenated alkanes) is 5. The molecule has 0 heterocycles. The van der Waals surface area contributed by atoms with Crippen LogP contribution in [0.2, 0.25) is 0 Å². The van der Waals surface area contributed by atoms with Gasteiger partial charge in [-0.2, -0.15) is 0 Å². The molecular weight excluding hydrogens is 391 g/mol. The number of benzene rings is 1. The summed E-state index contributed by atoms with van der Waals surface area (Å²) in [7, 11) is 0. The molecule has 0 bridgehead atoms. The van der Waals surface area contributed by atoms with Gasteiger partial charge in [0.15, 0.2) is 0 Å². The highest BCUT2D eigenvalue weighted by atomic mass is 19.1. The van der Waals surface area contributed by atoms with Crippen LogP contribution in [-0.4, -0.2) is 0 Å². The Bertz CT molecular complexity index is 680. The average molecular weight is 441 g/mol. The number of hydrogen-bond acceptors (Lipinski definition) is 0. The second kappa shape index (κ2) is 14.2. The normalized spacial score (nSPS) is 23.8. The van der Waals surface area contributed by atoms with Crippen molar-refractivity contribution < 1.29 is 4.39 Å². The molecule has 0 saturated heterocycles. The molecule has 0 aromatic heterocycles. The molecule has 180 valence electrons. The highest BCUT2D eigenvalue weighted by Gasteiger charge is 2.28. The third-order valence-corrected chi connectivity index (χ3v) is 8.47. The van der Waals surface area contributed by atoms with Crippen LogP contribution >= 0.6 is 0 Å². The number of aryl methyl sites for hydroxylation is 2. The van der Waals surface area contributed by atoms with E-state index in [-0.39, 0.29) is 5.82 Å². The average Bonchev–Trinajstić information content (AvgIpc) is 2.83. The fourth-order valence-electron chi connectivity index (χ4n) is 6.19. The van der Waals surface area contributed by atoms with E-state index in [1.54, 1.807) is 11.6 Å². The Balaban J connectivity index is 1.36. The van der Waals surface area contributed by atoms with Crippen LogP contribution in [0.25, 0.3) is 0 Å². The molecular formula is C31H49F. The van der Waals surface area contributed by atoms with Crippen molar-refractivity contribution in [3.05, 3.63) is 46.8 Å². The minimum atomic E-state index is 0.0113. The first kappa shape index (κ1) is 25.5. The van der Waals surface area contributed by atoms with E-state index >= 15 is 0 Å². The van der Waals surface area contributed by atoms with Crippen molar-refractivity contribution in [3.63, 3.8) is 0 Å². The van der Waals surface area contributed by atoms with Gasteiger partial charge in [-0.3, -0.25) is 0 Å². The maximum atomic E-state index is 14.4. The van der Waals surface area contributed by atoms with Gasteiger partial charge in [0.05, 0.1) is 0 Å². The quantitative estimate of drug-likeness (QED) is 0.211. The van der Waals surface area contributed by atoms with Crippen LogP contribution in [-0.2, 0) is 12.8 Å². The lowest BCUT2D eigenvalue weighted by molar-refractivity contribution is 0.185. The predicted molar refractivity (Wildman–Crippen MR) is 138 cm³/mol. The molecule has 1 aromatic rings. The van der Waals surface area contributed by atoms with Gasteiger partial charge in [0.2, 0.25) is 0 Å². The highest BCUT2D eigenvalue weighted by Crippen LogP contribution is 2.41. The SMILES string of the molecule is CCCCCCC1CCC(C2CC=C(CCc3ccc(CCCCC)c(F)c3)CC2)CC1. The summed E-state index contributed by atoms with van der Waals surface area (Å²) in [5, 5.41) is 0. The van der Waals surface area contributed by atoms with E-state index in [4.69, 9.17) is 0 Å². The first-order valence-electron chi connectivity index (χ1n) is 14.1. The molecule has 1 heteroatoms. The lowest BCUT2D eigenvalue weighted by atomic mass is 9.70. The van der Waals surface area contributed by atoms with Crippen LogP contribution in [0.1, 0.15) is 128 Å². The fourth-order valence-corrected chi connectivity index (χ4v) is 6.19. The number of hydrogen-bond donors (Lipinski definition) is 0. The highest BCUT2D eigenvalue weighted by molar-refractivity contribution is 5.25. The van der Waals surface area contributed by atoms with E-state index in [0.29, 0.717) is 0 Å². The smallest absolute Gasteiger partial charge is 0.126 e. The molecule has 1 aromatic carbocycles. The molecule has 0 nitrogen and oxygen atoms in total. The Morgan fingerprint density at radius 1 is 0.781 bits per heavy atom. The standard InChI is InChI=1S/C31H49F/c1-3-5-7-9-10-25-14-19-28(20-15-25)29-21-16-26(17-22-29)12-13-27-18-23-30(31(32)24-27)11-8-6-4-2/h16,18,23-25,28-29H,3-15,17,19-22H2,1-2H3. The van der Waals surface area contributed by atoms with Gasteiger partial charge in [0, 0.05) is 0 Å². The monoisotopic (exact) mass is 440 g/mol. The molecule has 1 unspecified atom stereocenters. The fraction of sp³-hybridized carbons (Fsp3) is 0.742. The molecule has 0 amide bonds. The zero-order valence-electron chi connectivity index (χ0n) is 21.1. The Labute approximate surface area is 198 Å². The summed E-state index contributed by atoms with van der Waals surface area (Å²) in [4.78, 5) is 0. The van der Waals surface area contributed by atoms with Gasteiger partial charge in [-0.05, 0) is 92.7 Å². The molecule has 1 fully saturated rings. The molecule has 0 spiro atoms. The molecule has 2 aliphatic rings. The van der Waals surface area contributed by atoms with Crippen molar-refractivity contribution in [3.8, 4) is 0 Å². The van der Waals surface area contributed by atoms with Gasteiger partial charge in [0.25, 0.3) is 0 Å². The van der Waals surface area contributed by atoms with Crippen molar-refractivity contribution >= 4 is 0 Å². The van der Waals surface area contributed by atoms with Crippen molar-refractivity contribution in [2.45, 2.75) is 129 Å². The van der Waals surface area contributed by atoms with E-state index in [2.05, 4.69) is 26.0 Å². The molecule has 1 atom stereocenters. The zero-order valence-corrected chi connectivity index (χ0v) is 21.1. The zero-order chi connectivity index (χ0) is 22.6. The van der Waals surface area contributed by atoms with Gasteiger partial charge in [-0.1, -0.05) is 95.4 Å². The van der Waals surface area contributed by atoms with Crippen LogP contribution in [0, 0.1) is 23.6 Å². The van der Waals surface area contributed by atoms with Crippen LogP contribution in [0.3, 0.4) is 0 Å². The Kier molecular flexibility index (Phi) is 11.3. The van der Waals surface area contributed by atoms with Gasteiger partial charge < -0.3 is 0 Å². The second-order valence-electron chi connectivity index (χ2n) is 10.9. The van der Waals surface area contributed by atoms with Crippen LogP contribution < -0.4 is 0 Å². The Morgan fingerprint density at radius 3 is 2.25 bits per heavy atom. The van der Waals surface area contributed by atoms with Crippen molar-refractivity contribution in [2.75, 3.05) is 0 Å². The third-order valence-electron chi connectivity index (χ3n) is 8.47. The number of allylic oxidation sites excluding steroid dienone is 2. The molecule has 2 aliphatic carbocycles. The summed E-state index contributed by atoms with van der Waals surface area (Å²) in [6.07, 6.45) is 26.1. The molecule has 32 heavy (non-hydrogen) atoms. The minimum absolute atomic E-state index is 0.0113. The topological polar surface area (TPSA) is 0 Å². The largest absolute Gasteiger partial charge is 0.207 e. The maximum absolute atomic E-state index is 14.4. The molecule has 0 N–H and O–H groups in total. The van der Waals surface area contributed by atoms with Gasteiger partial charge in [0.1, 0.15) is 5.82 Å². The van der Waals surface area contributed by atoms with Gasteiger partial charge in [-0.15, -0.1) is 0 Å². The van der Waals surface area contributed by atoms with Gasteiger partial charge in [-0.25, -0.2) is 4.39 Å². The van der Waals surface area contributed by atoms with E-state index < -0.39 is 0 Å². The first-order chi connectivity index (χ1) is 15.7. The summed E-state index contributed by atoms with van der Waals surface area (Å²) < 4.78 is 14.4. The van der Waals surface area contributed by atoms with E-state index in [1.807, 2.05) is 6.07 Å². The van der Waals surface area contributed by atoms with E-state index in [0.717, 1.165) is 49.0 Å². The van der Waals surface area contributed by atoms with Crippen molar-refractivity contribution in [1.82, 2.24) is 0 Å². The van der Waals surface area contributed by atoms with Crippen LogP contribution in [0.15, 0.2) is 29.8 Å². The number of rotatable bonds is 13. The Morgan fingerprint density at radius 2 is 1.56 bits per heavy atom. The summed E-state index contributed by atoms with van der Waals surface area (Å²) in [5.74, 6) is 2.95. The summed E-state index contributed by atoms with van der Waals surface area (Å²) in [6.45, 7) is 4.50. The minimum Gasteiger partial charge on any atom is -0.207 e.